The van der Waals surface area contributed by atoms with Gasteiger partial charge in [0.05, 0.1) is 6.61 Å². The van der Waals surface area contributed by atoms with E-state index in [1.54, 1.807) is 7.11 Å². The van der Waals surface area contributed by atoms with Gasteiger partial charge in [-0.3, -0.25) is 0 Å². The van der Waals surface area contributed by atoms with Crippen LogP contribution in [0, 0.1) is 0 Å². The number of rotatable bonds is 4. The van der Waals surface area contributed by atoms with Crippen LogP contribution in [-0.2, 0) is 11.2 Å². The van der Waals surface area contributed by atoms with Crippen molar-refractivity contribution in [3.8, 4) is 5.88 Å². The average Bonchev–Trinajstić information content (AvgIpc) is 2.78. The molecule has 0 aliphatic carbocycles. The lowest BCUT2D eigenvalue weighted by molar-refractivity contribution is 0.144. The molecule has 0 radical (unpaired) electrons. The number of nitrogens with one attached hydrogen (secondary N) is 1. The van der Waals surface area contributed by atoms with Crippen molar-refractivity contribution in [2.75, 3.05) is 38.3 Å². The van der Waals surface area contributed by atoms with Crippen molar-refractivity contribution in [3.63, 3.8) is 0 Å². The first-order chi connectivity index (χ1) is 9.29. The van der Waals surface area contributed by atoms with E-state index in [0.717, 1.165) is 25.3 Å². The van der Waals surface area contributed by atoms with Crippen molar-refractivity contribution < 1.29 is 9.47 Å². The zero-order valence-corrected chi connectivity index (χ0v) is 11.6. The first-order valence-electron chi connectivity index (χ1n) is 6.90. The molecular formula is C14H21N3O2. The first kappa shape index (κ1) is 12.7. The third-order valence-electron chi connectivity index (χ3n) is 3.86. The number of aromatic nitrogens is 1. The number of hydrogen-bond acceptors (Lipinski definition) is 5. The minimum Gasteiger partial charge on any atom is -0.475 e. The summed E-state index contributed by atoms with van der Waals surface area (Å²) in [5.41, 5.74) is 1.33. The number of ether oxygens (including phenoxy) is 2. The second-order valence-corrected chi connectivity index (χ2v) is 5.25. The Bertz CT molecular complexity index is 452. The lowest BCUT2D eigenvalue weighted by atomic mass is 10.1. The molecule has 1 fully saturated rings. The topological polar surface area (TPSA) is 46.6 Å². The summed E-state index contributed by atoms with van der Waals surface area (Å²) >= 11 is 0. The predicted octanol–water partition coefficient (Wildman–Crippen LogP) is 0.830. The molecule has 0 saturated carbocycles. The fourth-order valence-electron chi connectivity index (χ4n) is 2.97. The Morgan fingerprint density at radius 1 is 1.37 bits per heavy atom. The third kappa shape index (κ3) is 2.40. The number of anilines is 1. The fraction of sp³-hybridized carbons (Fsp3) is 0.643. The van der Waals surface area contributed by atoms with Crippen molar-refractivity contribution in [3.05, 3.63) is 17.7 Å². The molecule has 0 bridgehead atoms. The van der Waals surface area contributed by atoms with Gasteiger partial charge in [0.15, 0.2) is 0 Å². The number of hydrogen-bond donors (Lipinski definition) is 1. The van der Waals surface area contributed by atoms with E-state index in [2.05, 4.69) is 28.2 Å². The maximum Gasteiger partial charge on any atom is 0.215 e. The van der Waals surface area contributed by atoms with Crippen molar-refractivity contribution in [1.29, 1.82) is 0 Å². The zero-order chi connectivity index (χ0) is 13.2. The molecule has 0 amide bonds. The number of fused-ring (bicyclic) bond motifs is 3. The van der Waals surface area contributed by atoms with E-state index in [9.17, 15) is 0 Å². The van der Waals surface area contributed by atoms with Crippen LogP contribution in [0.15, 0.2) is 12.1 Å². The number of piperazine rings is 1. The van der Waals surface area contributed by atoms with Crippen LogP contribution < -0.4 is 15.0 Å². The second kappa shape index (κ2) is 5.35. The summed E-state index contributed by atoms with van der Waals surface area (Å²) in [6.07, 6.45) is 1.08. The van der Waals surface area contributed by atoms with Crippen molar-refractivity contribution in [2.45, 2.75) is 25.4 Å². The highest BCUT2D eigenvalue weighted by Crippen LogP contribution is 2.34. The maximum absolute atomic E-state index is 5.61. The monoisotopic (exact) mass is 263 g/mol. The van der Waals surface area contributed by atoms with Gasteiger partial charge in [-0.05, 0) is 25.0 Å². The summed E-state index contributed by atoms with van der Waals surface area (Å²) in [7, 11) is 1.67. The molecule has 3 heterocycles. The quantitative estimate of drug-likeness (QED) is 0.815. The summed E-state index contributed by atoms with van der Waals surface area (Å²) in [6.45, 7) is 5.44. The molecule has 0 unspecified atom stereocenters. The Morgan fingerprint density at radius 2 is 2.26 bits per heavy atom. The molecule has 0 spiro atoms. The van der Waals surface area contributed by atoms with Crippen molar-refractivity contribution in [1.82, 2.24) is 10.3 Å². The predicted molar refractivity (Wildman–Crippen MR) is 73.9 cm³/mol. The van der Waals surface area contributed by atoms with Crippen LogP contribution in [0.4, 0.5) is 5.82 Å². The fourth-order valence-corrected chi connectivity index (χ4v) is 2.97. The molecule has 104 valence electrons. The van der Waals surface area contributed by atoms with Gasteiger partial charge >= 0.3 is 0 Å². The van der Waals surface area contributed by atoms with Gasteiger partial charge in [-0.15, -0.1) is 0 Å². The third-order valence-corrected chi connectivity index (χ3v) is 3.86. The highest BCUT2D eigenvalue weighted by Gasteiger charge is 2.36. The molecule has 0 aromatic carbocycles. The SMILES string of the molecule is COCCOc1ccc2c(n1)N1[C@@H](CNC[C@H]1C)C2. The van der Waals surface area contributed by atoms with E-state index in [4.69, 9.17) is 9.47 Å². The Hall–Kier alpha value is -1.33. The summed E-state index contributed by atoms with van der Waals surface area (Å²) in [5.74, 6) is 1.80. The van der Waals surface area contributed by atoms with Gasteiger partial charge in [-0.1, -0.05) is 0 Å². The van der Waals surface area contributed by atoms with Crippen molar-refractivity contribution >= 4 is 5.82 Å². The second-order valence-electron chi connectivity index (χ2n) is 5.25. The Kier molecular flexibility index (Phi) is 3.57. The molecule has 1 aromatic heterocycles. The van der Waals surface area contributed by atoms with Crippen LogP contribution >= 0.6 is 0 Å². The van der Waals surface area contributed by atoms with Gasteiger partial charge in [0.25, 0.3) is 0 Å². The van der Waals surface area contributed by atoms with Crippen molar-refractivity contribution in [2.24, 2.45) is 0 Å². The highest BCUT2D eigenvalue weighted by molar-refractivity contribution is 5.56. The van der Waals surface area contributed by atoms with Gasteiger partial charge in [0.2, 0.25) is 5.88 Å². The van der Waals surface area contributed by atoms with E-state index in [-0.39, 0.29) is 0 Å². The Balaban J connectivity index is 1.79. The summed E-state index contributed by atoms with van der Waals surface area (Å²) < 4.78 is 10.6. The average molecular weight is 263 g/mol. The zero-order valence-electron chi connectivity index (χ0n) is 11.6. The van der Waals surface area contributed by atoms with E-state index < -0.39 is 0 Å². The first-order valence-corrected chi connectivity index (χ1v) is 6.90. The standard InChI is InChI=1S/C14H21N3O2/c1-10-8-15-9-12-7-11-3-4-13(19-6-5-18-2)16-14(11)17(10)12/h3-4,10,12,15H,5-9H2,1-2H3/t10-,12-/m1/s1. The highest BCUT2D eigenvalue weighted by atomic mass is 16.5. The van der Waals surface area contributed by atoms with Crippen LogP contribution in [0.25, 0.3) is 0 Å². The minimum absolute atomic E-state index is 0.488. The van der Waals surface area contributed by atoms with E-state index in [1.807, 2.05) is 6.07 Å². The Morgan fingerprint density at radius 3 is 3.11 bits per heavy atom. The number of nitrogens with zero attached hydrogens (tertiary/aromatic N) is 2. The van der Waals surface area contributed by atoms with Gasteiger partial charge in [0.1, 0.15) is 12.4 Å². The minimum atomic E-state index is 0.488. The molecule has 19 heavy (non-hydrogen) atoms. The van der Waals surface area contributed by atoms with Crippen LogP contribution in [0.5, 0.6) is 5.88 Å². The molecule has 5 nitrogen and oxygen atoms in total. The molecule has 2 aliphatic rings. The molecule has 1 N–H and O–H groups in total. The number of methoxy groups -OCH3 is 1. The van der Waals surface area contributed by atoms with Gasteiger partial charge in [-0.2, -0.15) is 4.98 Å². The van der Waals surface area contributed by atoms with Crippen LogP contribution in [0.2, 0.25) is 0 Å². The van der Waals surface area contributed by atoms with Crippen LogP contribution in [0.3, 0.4) is 0 Å². The summed E-state index contributed by atoms with van der Waals surface area (Å²) in [6, 6.07) is 5.14. The largest absolute Gasteiger partial charge is 0.475 e. The molecule has 5 heteroatoms. The van der Waals surface area contributed by atoms with Gasteiger partial charge in [0, 0.05) is 38.3 Å². The Labute approximate surface area is 113 Å². The molecule has 3 rings (SSSR count). The molecule has 2 atom stereocenters. The van der Waals surface area contributed by atoms with Gasteiger partial charge in [-0.25, -0.2) is 0 Å². The van der Waals surface area contributed by atoms with E-state index in [0.29, 0.717) is 31.2 Å². The lowest BCUT2D eigenvalue weighted by Gasteiger charge is -2.37. The molecule has 1 aromatic rings. The molecule has 2 aliphatic heterocycles. The van der Waals surface area contributed by atoms with E-state index in [1.165, 1.54) is 5.56 Å². The molecule has 1 saturated heterocycles. The summed E-state index contributed by atoms with van der Waals surface area (Å²) in [4.78, 5) is 7.12. The number of pyridine rings is 1. The normalized spacial score (nSPS) is 25.1. The molecular weight excluding hydrogens is 242 g/mol. The smallest absolute Gasteiger partial charge is 0.215 e. The van der Waals surface area contributed by atoms with Gasteiger partial charge < -0.3 is 19.7 Å². The summed E-state index contributed by atoms with van der Waals surface area (Å²) in [5, 5.41) is 3.48. The van der Waals surface area contributed by atoms with Crippen LogP contribution in [-0.4, -0.2) is 50.5 Å². The van der Waals surface area contributed by atoms with Crippen LogP contribution in [0.1, 0.15) is 12.5 Å². The lowest BCUT2D eigenvalue weighted by Crippen LogP contribution is -2.55. The van der Waals surface area contributed by atoms with E-state index >= 15 is 0 Å². The maximum atomic E-state index is 5.61.